The van der Waals surface area contributed by atoms with Crippen LogP contribution in [-0.4, -0.2) is 68.1 Å². The molecule has 17 heavy (non-hydrogen) atoms. The third-order valence-electron chi connectivity index (χ3n) is 1.91. The van der Waals surface area contributed by atoms with E-state index >= 15 is 0 Å². The molecular weight excluding hydrogens is 232 g/mol. The summed E-state index contributed by atoms with van der Waals surface area (Å²) in [4.78, 5) is 9.76. The number of aliphatic hydroxyl groups excluding tert-OH is 5. The molecule has 0 fully saturated rings. The van der Waals surface area contributed by atoms with Crippen molar-refractivity contribution in [2.24, 2.45) is 0 Å². The standard InChI is InChI=1S/C5H12O5.C5H10O2/c6-1-3(8)5(10)4(9)2-7;1-2-3-4-5(6)7/h3-10H,1-2H2;2-4H2,1H3,(H,6,7). The number of carbonyl (C=O) groups is 1. The number of unbranched alkanes of at least 4 members (excludes halogenated alkanes) is 1. The van der Waals surface area contributed by atoms with Crippen LogP contribution in [-0.2, 0) is 4.79 Å². The fourth-order valence-electron chi connectivity index (χ4n) is 0.800. The Morgan fingerprint density at radius 1 is 1.06 bits per heavy atom. The van der Waals surface area contributed by atoms with E-state index in [2.05, 4.69) is 0 Å². The molecule has 0 aromatic carbocycles. The minimum Gasteiger partial charge on any atom is -0.481 e. The van der Waals surface area contributed by atoms with E-state index in [0.29, 0.717) is 6.42 Å². The van der Waals surface area contributed by atoms with E-state index in [-0.39, 0.29) is 0 Å². The van der Waals surface area contributed by atoms with E-state index in [1.54, 1.807) is 0 Å². The summed E-state index contributed by atoms with van der Waals surface area (Å²) < 4.78 is 0. The molecule has 0 spiro atoms. The van der Waals surface area contributed by atoms with Gasteiger partial charge in [-0.05, 0) is 6.42 Å². The molecule has 7 heteroatoms. The normalized spacial score (nSPS) is 15.4. The summed E-state index contributed by atoms with van der Waals surface area (Å²) >= 11 is 0. The fraction of sp³-hybridized carbons (Fsp3) is 0.900. The zero-order chi connectivity index (χ0) is 13.8. The molecule has 0 rings (SSSR count). The van der Waals surface area contributed by atoms with Gasteiger partial charge in [0.05, 0.1) is 13.2 Å². The molecule has 6 N–H and O–H groups in total. The lowest BCUT2D eigenvalue weighted by atomic mass is 10.1. The molecule has 0 aliphatic rings. The minimum absolute atomic E-state index is 0.316. The first-order valence-electron chi connectivity index (χ1n) is 5.38. The zero-order valence-corrected chi connectivity index (χ0v) is 9.86. The Labute approximate surface area is 100.0 Å². The SMILES string of the molecule is CCCCC(=O)O.OCC(O)C(O)C(O)CO. The Morgan fingerprint density at radius 3 is 1.65 bits per heavy atom. The van der Waals surface area contributed by atoms with Crippen molar-refractivity contribution in [1.29, 1.82) is 0 Å². The molecule has 0 aliphatic heterocycles. The lowest BCUT2D eigenvalue weighted by molar-refractivity contribution is -0.137. The highest BCUT2D eigenvalue weighted by atomic mass is 16.4. The number of carboxylic acids is 1. The predicted molar refractivity (Wildman–Crippen MR) is 59.4 cm³/mol. The molecular formula is C10H22O7. The van der Waals surface area contributed by atoms with Crippen molar-refractivity contribution in [3.8, 4) is 0 Å². The maximum Gasteiger partial charge on any atom is 0.303 e. The van der Waals surface area contributed by atoms with Gasteiger partial charge in [0.1, 0.15) is 18.3 Å². The average Bonchev–Trinajstić information content (AvgIpc) is 2.33. The molecule has 2 unspecified atom stereocenters. The molecule has 0 bridgehead atoms. The summed E-state index contributed by atoms with van der Waals surface area (Å²) in [6.07, 6.45) is -2.21. The highest BCUT2D eigenvalue weighted by Crippen LogP contribution is 1.98. The van der Waals surface area contributed by atoms with Gasteiger partial charge in [-0.1, -0.05) is 13.3 Å². The van der Waals surface area contributed by atoms with Crippen molar-refractivity contribution in [1.82, 2.24) is 0 Å². The lowest BCUT2D eigenvalue weighted by Crippen LogP contribution is -2.41. The Kier molecular flexibility index (Phi) is 12.9. The van der Waals surface area contributed by atoms with Gasteiger partial charge in [0.15, 0.2) is 0 Å². The Balaban J connectivity index is 0. The van der Waals surface area contributed by atoms with Crippen LogP contribution in [0.5, 0.6) is 0 Å². The van der Waals surface area contributed by atoms with Crippen molar-refractivity contribution in [2.45, 2.75) is 44.5 Å². The monoisotopic (exact) mass is 254 g/mol. The number of aliphatic carboxylic acids is 1. The fourth-order valence-corrected chi connectivity index (χ4v) is 0.800. The van der Waals surface area contributed by atoms with Gasteiger partial charge in [0, 0.05) is 6.42 Å². The van der Waals surface area contributed by atoms with Crippen molar-refractivity contribution >= 4 is 5.97 Å². The molecule has 104 valence electrons. The van der Waals surface area contributed by atoms with E-state index < -0.39 is 37.5 Å². The molecule has 0 saturated carbocycles. The maximum atomic E-state index is 9.76. The third-order valence-corrected chi connectivity index (χ3v) is 1.91. The summed E-state index contributed by atoms with van der Waals surface area (Å²) in [6, 6.07) is 0. The number of hydrogen-bond donors (Lipinski definition) is 6. The van der Waals surface area contributed by atoms with Gasteiger partial charge >= 0.3 is 5.97 Å². The van der Waals surface area contributed by atoms with E-state index in [1.165, 1.54) is 0 Å². The molecule has 0 amide bonds. The third kappa shape index (κ3) is 11.5. The zero-order valence-electron chi connectivity index (χ0n) is 9.86. The van der Waals surface area contributed by atoms with Gasteiger partial charge in [-0.2, -0.15) is 0 Å². The first kappa shape index (κ1) is 18.6. The molecule has 7 nitrogen and oxygen atoms in total. The molecule has 0 heterocycles. The summed E-state index contributed by atoms with van der Waals surface area (Å²) in [6.45, 7) is 0.694. The van der Waals surface area contributed by atoms with Crippen molar-refractivity contribution in [3.63, 3.8) is 0 Å². The van der Waals surface area contributed by atoms with E-state index in [1.807, 2.05) is 6.92 Å². The number of hydrogen-bond acceptors (Lipinski definition) is 6. The van der Waals surface area contributed by atoms with Crippen LogP contribution in [0.3, 0.4) is 0 Å². The first-order chi connectivity index (χ1) is 7.90. The van der Waals surface area contributed by atoms with Gasteiger partial charge in [-0.15, -0.1) is 0 Å². The Bertz CT molecular complexity index is 175. The molecule has 0 aliphatic carbocycles. The minimum atomic E-state index is -1.49. The number of aliphatic hydroxyl groups is 5. The molecule has 0 saturated heterocycles. The highest BCUT2D eigenvalue weighted by molar-refractivity contribution is 5.66. The predicted octanol–water partition coefficient (Wildman–Crippen LogP) is -1.69. The van der Waals surface area contributed by atoms with Crippen molar-refractivity contribution < 1.29 is 35.4 Å². The molecule has 0 radical (unpaired) electrons. The lowest BCUT2D eigenvalue weighted by Gasteiger charge is -2.19. The van der Waals surface area contributed by atoms with Gasteiger partial charge in [-0.3, -0.25) is 4.79 Å². The number of rotatable bonds is 7. The van der Waals surface area contributed by atoms with Gasteiger partial charge < -0.3 is 30.6 Å². The van der Waals surface area contributed by atoms with Crippen LogP contribution in [0.25, 0.3) is 0 Å². The van der Waals surface area contributed by atoms with Crippen LogP contribution >= 0.6 is 0 Å². The second kappa shape index (κ2) is 11.7. The smallest absolute Gasteiger partial charge is 0.303 e. The molecule has 0 aromatic rings. The summed E-state index contributed by atoms with van der Waals surface area (Å²) in [5.74, 6) is -0.693. The van der Waals surface area contributed by atoms with Crippen LogP contribution in [0.4, 0.5) is 0 Å². The van der Waals surface area contributed by atoms with Crippen LogP contribution in [0, 0.1) is 0 Å². The average molecular weight is 254 g/mol. The second-order valence-electron chi connectivity index (χ2n) is 3.49. The second-order valence-corrected chi connectivity index (χ2v) is 3.49. The van der Waals surface area contributed by atoms with Crippen LogP contribution in [0.2, 0.25) is 0 Å². The summed E-state index contributed by atoms with van der Waals surface area (Å²) in [5, 5.41) is 50.6. The van der Waals surface area contributed by atoms with E-state index in [4.69, 9.17) is 30.6 Å². The van der Waals surface area contributed by atoms with Crippen molar-refractivity contribution in [3.05, 3.63) is 0 Å². The highest BCUT2D eigenvalue weighted by Gasteiger charge is 2.22. The quantitative estimate of drug-likeness (QED) is 0.319. The summed E-state index contributed by atoms with van der Waals surface area (Å²) in [5.41, 5.74) is 0. The maximum absolute atomic E-state index is 9.76. The number of carboxylic acid groups (broad SMARTS) is 1. The molecule has 0 aromatic heterocycles. The van der Waals surface area contributed by atoms with Crippen LogP contribution in [0.1, 0.15) is 26.2 Å². The van der Waals surface area contributed by atoms with E-state index in [0.717, 1.165) is 12.8 Å². The van der Waals surface area contributed by atoms with E-state index in [9.17, 15) is 4.79 Å². The van der Waals surface area contributed by atoms with Crippen LogP contribution < -0.4 is 0 Å². The van der Waals surface area contributed by atoms with Gasteiger partial charge in [0.2, 0.25) is 0 Å². The molecule has 2 atom stereocenters. The van der Waals surface area contributed by atoms with Gasteiger partial charge in [0.25, 0.3) is 0 Å². The topological polar surface area (TPSA) is 138 Å². The van der Waals surface area contributed by atoms with Crippen LogP contribution in [0.15, 0.2) is 0 Å². The first-order valence-corrected chi connectivity index (χ1v) is 5.38. The Morgan fingerprint density at radius 2 is 1.47 bits per heavy atom. The van der Waals surface area contributed by atoms with Gasteiger partial charge in [-0.25, -0.2) is 0 Å². The summed E-state index contributed by atoms with van der Waals surface area (Å²) in [7, 11) is 0. The van der Waals surface area contributed by atoms with Crippen molar-refractivity contribution in [2.75, 3.05) is 13.2 Å². The largest absolute Gasteiger partial charge is 0.481 e. The Hall–Kier alpha value is -0.730.